The molecule has 178 valence electrons. The second kappa shape index (κ2) is 11.7. The van der Waals surface area contributed by atoms with Crippen LogP contribution in [0.4, 0.5) is 5.69 Å². The summed E-state index contributed by atoms with van der Waals surface area (Å²) in [6, 6.07) is 17.2. The molecule has 0 aliphatic carbocycles. The molecular weight excluding hydrogens is 472 g/mol. The highest BCUT2D eigenvalue weighted by atomic mass is 32.2. The largest absolute Gasteiger partial charge is 0.326 e. The molecule has 0 radical (unpaired) electrons. The number of hydrazone groups is 1. The Balaban J connectivity index is 1.76. The van der Waals surface area contributed by atoms with Gasteiger partial charge in [0.15, 0.2) is 0 Å². The van der Waals surface area contributed by atoms with E-state index in [0.717, 1.165) is 20.3 Å². The first-order chi connectivity index (χ1) is 16.3. The lowest BCUT2D eigenvalue weighted by Crippen LogP contribution is -2.40. The molecule has 2 N–H and O–H groups in total. The maximum atomic E-state index is 13.3. The fraction of sp³-hybridized carbons (Fsp3) is 0.208. The van der Waals surface area contributed by atoms with Gasteiger partial charge in [0.1, 0.15) is 0 Å². The molecule has 2 amide bonds. The summed E-state index contributed by atoms with van der Waals surface area (Å²) in [6.07, 6.45) is 1.98. The van der Waals surface area contributed by atoms with Crippen molar-refractivity contribution in [3.05, 3.63) is 82.0 Å². The van der Waals surface area contributed by atoms with Gasteiger partial charge in [-0.2, -0.15) is 9.41 Å². The highest BCUT2D eigenvalue weighted by Crippen LogP contribution is 2.19. The van der Waals surface area contributed by atoms with Crippen LogP contribution in [-0.2, 0) is 26.0 Å². The van der Waals surface area contributed by atoms with E-state index in [-0.39, 0.29) is 23.9 Å². The van der Waals surface area contributed by atoms with Crippen LogP contribution in [0.3, 0.4) is 0 Å². The SMILES string of the molecule is CC(=O)Nc1ccc(S(=O)(=O)N(CCc2ccccc2)CC(=O)N/N=C\c2sccc2C)cc1. The molecule has 1 heterocycles. The standard InChI is InChI=1S/C24H26N4O4S2/c1-18-13-15-33-23(18)16-25-27-24(30)17-28(14-12-20-6-4-3-5-7-20)34(31,32)22-10-8-21(9-11-22)26-19(2)29/h3-11,13,15-16H,12,14,17H2,1-2H3,(H,26,29)(H,27,30)/b25-16-. The van der Waals surface area contributed by atoms with Crippen molar-refractivity contribution in [1.29, 1.82) is 0 Å². The van der Waals surface area contributed by atoms with Gasteiger partial charge < -0.3 is 5.32 Å². The molecule has 0 saturated carbocycles. The molecular formula is C24H26N4O4S2. The summed E-state index contributed by atoms with van der Waals surface area (Å²) in [7, 11) is -3.98. The minimum Gasteiger partial charge on any atom is -0.326 e. The van der Waals surface area contributed by atoms with E-state index in [1.807, 2.05) is 48.7 Å². The Kier molecular flexibility index (Phi) is 8.69. The summed E-state index contributed by atoms with van der Waals surface area (Å²) in [6.45, 7) is 3.04. The number of carbonyl (C=O) groups excluding carboxylic acids is 2. The zero-order chi connectivity index (χ0) is 24.6. The fourth-order valence-electron chi connectivity index (χ4n) is 3.12. The monoisotopic (exact) mass is 498 g/mol. The van der Waals surface area contributed by atoms with Crippen LogP contribution in [0, 0.1) is 6.92 Å². The number of rotatable bonds is 10. The topological polar surface area (TPSA) is 108 Å². The number of amides is 2. The number of carbonyl (C=O) groups is 2. The average Bonchev–Trinajstić information content (AvgIpc) is 3.21. The molecule has 0 unspecified atom stereocenters. The Morgan fingerprint density at radius 3 is 2.38 bits per heavy atom. The van der Waals surface area contributed by atoms with Crippen LogP contribution in [0.5, 0.6) is 0 Å². The Labute approximate surface area is 203 Å². The summed E-state index contributed by atoms with van der Waals surface area (Å²) in [5.74, 6) is -0.799. The molecule has 0 atom stereocenters. The molecule has 0 saturated heterocycles. The number of aryl methyl sites for hydroxylation is 1. The number of thiophene rings is 1. The first-order valence-corrected chi connectivity index (χ1v) is 12.9. The third-order valence-electron chi connectivity index (χ3n) is 4.90. The van der Waals surface area contributed by atoms with E-state index < -0.39 is 15.9 Å². The van der Waals surface area contributed by atoms with Crippen molar-refractivity contribution in [2.24, 2.45) is 5.10 Å². The minimum absolute atomic E-state index is 0.0279. The molecule has 0 aliphatic rings. The molecule has 0 fully saturated rings. The van der Waals surface area contributed by atoms with E-state index in [1.54, 1.807) is 6.21 Å². The summed E-state index contributed by atoms with van der Waals surface area (Å²) in [5.41, 5.74) is 4.89. The normalized spacial score (nSPS) is 11.6. The lowest BCUT2D eigenvalue weighted by molar-refractivity contribution is -0.121. The first-order valence-electron chi connectivity index (χ1n) is 10.5. The number of nitrogens with one attached hydrogen (secondary N) is 2. The molecule has 3 rings (SSSR count). The van der Waals surface area contributed by atoms with Crippen LogP contribution in [-0.4, -0.2) is 43.8 Å². The molecule has 3 aromatic rings. The van der Waals surface area contributed by atoms with Gasteiger partial charge in [0.05, 0.1) is 17.7 Å². The van der Waals surface area contributed by atoms with E-state index in [1.165, 1.54) is 42.5 Å². The van der Waals surface area contributed by atoms with Gasteiger partial charge in [-0.15, -0.1) is 11.3 Å². The van der Waals surface area contributed by atoms with Crippen molar-refractivity contribution in [1.82, 2.24) is 9.73 Å². The summed E-state index contributed by atoms with van der Waals surface area (Å²) >= 11 is 1.49. The molecule has 1 aromatic heterocycles. The maximum absolute atomic E-state index is 13.3. The highest BCUT2D eigenvalue weighted by Gasteiger charge is 2.26. The summed E-state index contributed by atoms with van der Waals surface area (Å²) in [4.78, 5) is 24.7. The number of hydrogen-bond acceptors (Lipinski definition) is 6. The smallest absolute Gasteiger partial charge is 0.255 e. The number of anilines is 1. The minimum atomic E-state index is -3.98. The van der Waals surface area contributed by atoms with E-state index in [4.69, 9.17) is 0 Å². The molecule has 0 spiro atoms. The maximum Gasteiger partial charge on any atom is 0.255 e. The highest BCUT2D eigenvalue weighted by molar-refractivity contribution is 7.89. The van der Waals surface area contributed by atoms with Gasteiger partial charge in [-0.1, -0.05) is 30.3 Å². The Bertz CT molecular complexity index is 1250. The van der Waals surface area contributed by atoms with Crippen molar-refractivity contribution in [3.8, 4) is 0 Å². The van der Waals surface area contributed by atoms with Crippen LogP contribution in [0.1, 0.15) is 22.9 Å². The fourth-order valence-corrected chi connectivity index (χ4v) is 5.30. The lowest BCUT2D eigenvalue weighted by Gasteiger charge is -2.21. The Hall–Kier alpha value is -3.34. The number of hydrogen-bond donors (Lipinski definition) is 2. The second-order valence-electron chi connectivity index (χ2n) is 7.54. The molecule has 0 bridgehead atoms. The van der Waals surface area contributed by atoms with Gasteiger partial charge in [0.2, 0.25) is 15.9 Å². The number of benzene rings is 2. The van der Waals surface area contributed by atoms with Crippen molar-refractivity contribution in [2.75, 3.05) is 18.4 Å². The summed E-state index contributed by atoms with van der Waals surface area (Å²) in [5, 5.41) is 8.49. The third-order valence-corrected chi connectivity index (χ3v) is 7.71. The Morgan fingerprint density at radius 1 is 1.06 bits per heavy atom. The van der Waals surface area contributed by atoms with Gasteiger partial charge in [0.25, 0.3) is 5.91 Å². The molecule has 2 aromatic carbocycles. The van der Waals surface area contributed by atoms with Gasteiger partial charge in [-0.3, -0.25) is 9.59 Å². The first kappa shape index (κ1) is 25.3. The van der Waals surface area contributed by atoms with Gasteiger partial charge in [-0.05, 0) is 60.2 Å². The quantitative estimate of drug-likeness (QED) is 0.330. The zero-order valence-electron chi connectivity index (χ0n) is 18.9. The van der Waals surface area contributed by atoms with Crippen molar-refractivity contribution < 1.29 is 18.0 Å². The van der Waals surface area contributed by atoms with Crippen molar-refractivity contribution in [3.63, 3.8) is 0 Å². The van der Waals surface area contributed by atoms with E-state index in [2.05, 4.69) is 15.8 Å². The van der Waals surface area contributed by atoms with Gasteiger partial charge >= 0.3 is 0 Å². The molecule has 34 heavy (non-hydrogen) atoms. The van der Waals surface area contributed by atoms with E-state index >= 15 is 0 Å². The van der Waals surface area contributed by atoms with Gasteiger partial charge in [0, 0.05) is 24.0 Å². The van der Waals surface area contributed by atoms with E-state index in [0.29, 0.717) is 12.1 Å². The molecule has 10 heteroatoms. The number of nitrogens with zero attached hydrogens (tertiary/aromatic N) is 2. The van der Waals surface area contributed by atoms with Crippen LogP contribution in [0.15, 0.2) is 76.0 Å². The van der Waals surface area contributed by atoms with Crippen LogP contribution >= 0.6 is 11.3 Å². The van der Waals surface area contributed by atoms with Crippen LogP contribution < -0.4 is 10.7 Å². The third kappa shape index (κ3) is 7.08. The number of sulfonamides is 1. The van der Waals surface area contributed by atoms with E-state index in [9.17, 15) is 18.0 Å². The predicted molar refractivity (Wildman–Crippen MR) is 134 cm³/mol. The summed E-state index contributed by atoms with van der Waals surface area (Å²) < 4.78 is 27.8. The average molecular weight is 499 g/mol. The lowest BCUT2D eigenvalue weighted by atomic mass is 10.1. The molecule has 8 nitrogen and oxygen atoms in total. The van der Waals surface area contributed by atoms with Crippen LogP contribution in [0.2, 0.25) is 0 Å². The molecule has 0 aliphatic heterocycles. The van der Waals surface area contributed by atoms with Crippen molar-refractivity contribution in [2.45, 2.75) is 25.2 Å². The predicted octanol–water partition coefficient (Wildman–Crippen LogP) is 3.40. The Morgan fingerprint density at radius 2 is 1.76 bits per heavy atom. The zero-order valence-corrected chi connectivity index (χ0v) is 20.5. The second-order valence-corrected chi connectivity index (χ2v) is 10.4. The van der Waals surface area contributed by atoms with Crippen molar-refractivity contribution >= 4 is 45.1 Å². The van der Waals surface area contributed by atoms with Crippen LogP contribution in [0.25, 0.3) is 0 Å². The van der Waals surface area contributed by atoms with Gasteiger partial charge in [-0.25, -0.2) is 13.8 Å².